The van der Waals surface area contributed by atoms with Crippen molar-refractivity contribution < 1.29 is 9.53 Å². The molecule has 1 amide bonds. The fourth-order valence-corrected chi connectivity index (χ4v) is 3.41. The molecule has 3 atom stereocenters. The highest BCUT2D eigenvalue weighted by atomic mass is 16.5. The van der Waals surface area contributed by atoms with Crippen molar-refractivity contribution in [3.63, 3.8) is 0 Å². The summed E-state index contributed by atoms with van der Waals surface area (Å²) in [5.41, 5.74) is 6.97. The summed E-state index contributed by atoms with van der Waals surface area (Å²) in [5, 5.41) is 0. The first-order valence-corrected chi connectivity index (χ1v) is 8.81. The van der Waals surface area contributed by atoms with E-state index < -0.39 is 0 Å². The number of piperidine rings is 1. The second-order valence-electron chi connectivity index (χ2n) is 6.79. The van der Waals surface area contributed by atoms with Crippen LogP contribution in [-0.4, -0.2) is 61.1 Å². The molecule has 0 spiro atoms. The molecule has 1 aromatic rings. The van der Waals surface area contributed by atoms with E-state index in [0.29, 0.717) is 25.0 Å². The number of hydrogen-bond acceptors (Lipinski definition) is 4. The number of ether oxygens (including phenoxy) is 1. The quantitative estimate of drug-likeness (QED) is 0.827. The van der Waals surface area contributed by atoms with Gasteiger partial charge in [0.05, 0.1) is 12.5 Å². The maximum Gasteiger partial charge on any atom is 0.225 e. The smallest absolute Gasteiger partial charge is 0.225 e. The van der Waals surface area contributed by atoms with Gasteiger partial charge in [-0.2, -0.15) is 0 Å². The Bertz CT molecular complexity index is 505. The fourth-order valence-electron chi connectivity index (χ4n) is 3.41. The van der Waals surface area contributed by atoms with E-state index in [-0.39, 0.29) is 12.0 Å². The lowest BCUT2D eigenvalue weighted by atomic mass is 9.96. The minimum atomic E-state index is -0.185. The average Bonchev–Trinajstić information content (AvgIpc) is 2.61. The molecule has 1 aromatic carbocycles. The second-order valence-corrected chi connectivity index (χ2v) is 6.79. The summed E-state index contributed by atoms with van der Waals surface area (Å²) in [6, 6.07) is 11.3. The van der Waals surface area contributed by atoms with Crippen LogP contribution in [0.3, 0.4) is 0 Å². The fraction of sp³-hybridized carbons (Fsp3) is 0.632. The van der Waals surface area contributed by atoms with E-state index in [9.17, 15) is 4.79 Å². The monoisotopic (exact) mass is 333 g/mol. The Kier molecular flexibility index (Phi) is 7.21. The zero-order valence-corrected chi connectivity index (χ0v) is 15.1. The minimum Gasteiger partial charge on any atom is -0.380 e. The van der Waals surface area contributed by atoms with E-state index >= 15 is 0 Å². The summed E-state index contributed by atoms with van der Waals surface area (Å²) in [5.74, 6) is 0.126. The number of nitrogens with zero attached hydrogens (tertiary/aromatic N) is 2. The van der Waals surface area contributed by atoms with Gasteiger partial charge in [-0.1, -0.05) is 30.3 Å². The number of likely N-dealkylation sites (tertiary alicyclic amines) is 1. The number of rotatable bonds is 7. The summed E-state index contributed by atoms with van der Waals surface area (Å²) in [6.45, 7) is 4.63. The summed E-state index contributed by atoms with van der Waals surface area (Å²) < 4.78 is 5.23. The molecule has 0 aliphatic carbocycles. The van der Waals surface area contributed by atoms with E-state index in [4.69, 9.17) is 10.5 Å². The van der Waals surface area contributed by atoms with Gasteiger partial charge in [0.1, 0.15) is 0 Å². The highest BCUT2D eigenvalue weighted by molar-refractivity contribution is 5.76. The van der Waals surface area contributed by atoms with Crippen LogP contribution >= 0.6 is 0 Å². The Morgan fingerprint density at radius 2 is 2.12 bits per heavy atom. The first-order valence-electron chi connectivity index (χ1n) is 8.81. The lowest BCUT2D eigenvalue weighted by Gasteiger charge is -2.41. The molecular weight excluding hydrogens is 302 g/mol. The van der Waals surface area contributed by atoms with Crippen molar-refractivity contribution in [2.24, 2.45) is 5.73 Å². The molecule has 134 valence electrons. The molecule has 5 heteroatoms. The third kappa shape index (κ3) is 5.03. The summed E-state index contributed by atoms with van der Waals surface area (Å²) in [7, 11) is 3.52. The largest absolute Gasteiger partial charge is 0.380 e. The van der Waals surface area contributed by atoms with Gasteiger partial charge in [0, 0.05) is 45.9 Å². The van der Waals surface area contributed by atoms with Crippen LogP contribution in [0.4, 0.5) is 0 Å². The topological polar surface area (TPSA) is 58.8 Å². The molecular formula is C19H31N3O2. The Labute approximate surface area is 145 Å². The Morgan fingerprint density at radius 1 is 1.42 bits per heavy atom. The van der Waals surface area contributed by atoms with E-state index in [1.807, 2.05) is 18.0 Å². The van der Waals surface area contributed by atoms with E-state index in [0.717, 1.165) is 25.9 Å². The SMILES string of the molecule is COC(CN)CC(=O)N(C)C1CCN(Cc2ccccc2)C(C)C1. The number of nitrogens with two attached hydrogens (primary N) is 1. The number of benzene rings is 1. The number of hydrogen-bond donors (Lipinski definition) is 1. The van der Waals surface area contributed by atoms with Crippen LogP contribution in [-0.2, 0) is 16.1 Å². The van der Waals surface area contributed by atoms with Gasteiger partial charge in [-0.25, -0.2) is 0 Å². The molecule has 0 saturated carbocycles. The van der Waals surface area contributed by atoms with Crippen LogP contribution in [0.2, 0.25) is 0 Å². The van der Waals surface area contributed by atoms with Crippen LogP contribution in [0.25, 0.3) is 0 Å². The van der Waals surface area contributed by atoms with E-state index in [1.54, 1.807) is 7.11 Å². The zero-order chi connectivity index (χ0) is 17.5. The Hall–Kier alpha value is -1.43. The third-order valence-corrected chi connectivity index (χ3v) is 5.15. The molecule has 1 heterocycles. The highest BCUT2D eigenvalue weighted by Gasteiger charge is 2.30. The predicted molar refractivity (Wildman–Crippen MR) is 96.6 cm³/mol. The zero-order valence-electron chi connectivity index (χ0n) is 15.1. The molecule has 0 bridgehead atoms. The Balaban J connectivity index is 1.86. The standard InChI is InChI=1S/C19H31N3O2/c1-15-11-17(21(2)19(23)12-18(13-20)24-3)9-10-22(15)14-16-7-5-4-6-8-16/h4-8,15,17-18H,9-14,20H2,1-3H3. The van der Waals surface area contributed by atoms with Crippen LogP contribution in [0.1, 0.15) is 31.7 Å². The van der Waals surface area contributed by atoms with Crippen LogP contribution in [0.15, 0.2) is 30.3 Å². The van der Waals surface area contributed by atoms with Gasteiger partial charge in [0.2, 0.25) is 5.91 Å². The van der Waals surface area contributed by atoms with Crippen molar-refractivity contribution in [2.75, 3.05) is 27.2 Å². The van der Waals surface area contributed by atoms with Gasteiger partial charge in [-0.05, 0) is 25.3 Å². The molecule has 5 nitrogen and oxygen atoms in total. The first-order chi connectivity index (χ1) is 11.5. The molecule has 1 fully saturated rings. The van der Waals surface area contributed by atoms with Crippen LogP contribution in [0.5, 0.6) is 0 Å². The molecule has 0 radical (unpaired) electrons. The van der Waals surface area contributed by atoms with Crippen molar-refractivity contribution in [3.8, 4) is 0 Å². The van der Waals surface area contributed by atoms with Crippen LogP contribution in [0, 0.1) is 0 Å². The van der Waals surface area contributed by atoms with Gasteiger partial charge < -0.3 is 15.4 Å². The summed E-state index contributed by atoms with van der Waals surface area (Å²) in [4.78, 5) is 16.8. The van der Waals surface area contributed by atoms with E-state index in [1.165, 1.54) is 5.56 Å². The number of carbonyl (C=O) groups excluding carboxylic acids is 1. The van der Waals surface area contributed by atoms with Gasteiger partial charge >= 0.3 is 0 Å². The number of amides is 1. The minimum absolute atomic E-state index is 0.126. The van der Waals surface area contributed by atoms with Crippen molar-refractivity contribution in [1.29, 1.82) is 0 Å². The predicted octanol–water partition coefficient (Wildman–Crippen LogP) is 1.86. The molecule has 24 heavy (non-hydrogen) atoms. The average molecular weight is 333 g/mol. The number of carbonyl (C=O) groups is 1. The van der Waals surface area contributed by atoms with Crippen molar-refractivity contribution in [3.05, 3.63) is 35.9 Å². The number of methoxy groups -OCH3 is 1. The lowest BCUT2D eigenvalue weighted by Crippen LogP contribution is -2.49. The second kappa shape index (κ2) is 9.16. The molecule has 2 N–H and O–H groups in total. The van der Waals surface area contributed by atoms with Crippen molar-refractivity contribution in [2.45, 2.75) is 50.9 Å². The highest BCUT2D eigenvalue weighted by Crippen LogP contribution is 2.23. The van der Waals surface area contributed by atoms with Gasteiger partial charge in [0.25, 0.3) is 0 Å². The lowest BCUT2D eigenvalue weighted by molar-refractivity contribution is -0.135. The maximum absolute atomic E-state index is 12.4. The van der Waals surface area contributed by atoms with Gasteiger partial charge in [0.15, 0.2) is 0 Å². The normalized spacial score (nSPS) is 23.0. The molecule has 1 saturated heterocycles. The molecule has 0 aromatic heterocycles. The molecule has 2 rings (SSSR count). The first kappa shape index (κ1) is 18.9. The van der Waals surface area contributed by atoms with E-state index in [2.05, 4.69) is 36.1 Å². The van der Waals surface area contributed by atoms with Crippen molar-refractivity contribution >= 4 is 5.91 Å². The molecule has 1 aliphatic rings. The van der Waals surface area contributed by atoms with Crippen molar-refractivity contribution in [1.82, 2.24) is 9.80 Å². The van der Waals surface area contributed by atoms with Gasteiger partial charge in [-0.15, -0.1) is 0 Å². The van der Waals surface area contributed by atoms with Gasteiger partial charge in [-0.3, -0.25) is 9.69 Å². The third-order valence-electron chi connectivity index (χ3n) is 5.15. The van der Waals surface area contributed by atoms with Crippen LogP contribution < -0.4 is 5.73 Å². The maximum atomic E-state index is 12.4. The summed E-state index contributed by atoms with van der Waals surface area (Å²) >= 11 is 0. The summed E-state index contributed by atoms with van der Waals surface area (Å²) in [6.07, 6.45) is 2.20. The molecule has 1 aliphatic heterocycles. The Morgan fingerprint density at radius 3 is 2.71 bits per heavy atom. The molecule has 3 unspecified atom stereocenters.